The van der Waals surface area contributed by atoms with Crippen molar-refractivity contribution in [2.75, 3.05) is 26.3 Å². The SMILES string of the molecule is CC[C@H](NC(=O)O[C@H](CC1CCCCC1)C(=O)N1CCOCC1)C(=O)c1noc(C2CC2)n1. The molecule has 10 heteroatoms. The summed E-state index contributed by atoms with van der Waals surface area (Å²) in [5, 5.41) is 6.40. The van der Waals surface area contributed by atoms with Crippen LogP contribution in [0.2, 0.25) is 0 Å². The molecule has 1 N–H and O–H groups in total. The number of aromatic nitrogens is 2. The predicted octanol–water partition coefficient (Wildman–Crippen LogP) is 2.83. The number of rotatable bonds is 9. The van der Waals surface area contributed by atoms with Crippen molar-refractivity contribution in [1.82, 2.24) is 20.4 Å². The minimum atomic E-state index is -0.870. The first-order chi connectivity index (χ1) is 16.0. The Hall–Kier alpha value is -2.49. The molecule has 2 heterocycles. The number of alkyl carbamates (subject to hydrolysis) is 1. The Balaban J connectivity index is 1.38. The Labute approximate surface area is 193 Å². The second kappa shape index (κ2) is 11.1. The third-order valence-electron chi connectivity index (χ3n) is 6.73. The highest BCUT2D eigenvalue weighted by atomic mass is 16.6. The molecular weight excluding hydrogens is 428 g/mol. The van der Waals surface area contributed by atoms with Gasteiger partial charge in [0, 0.05) is 19.0 Å². The van der Waals surface area contributed by atoms with Gasteiger partial charge >= 0.3 is 6.09 Å². The van der Waals surface area contributed by atoms with E-state index in [1.165, 1.54) is 6.42 Å². The summed E-state index contributed by atoms with van der Waals surface area (Å²) in [6, 6.07) is -0.851. The monoisotopic (exact) mass is 462 g/mol. The van der Waals surface area contributed by atoms with Crippen LogP contribution in [0.1, 0.15) is 87.1 Å². The fraction of sp³-hybridized carbons (Fsp3) is 0.783. The normalized spacial score (nSPS) is 21.3. The first-order valence-electron chi connectivity index (χ1n) is 12.3. The zero-order chi connectivity index (χ0) is 23.2. The van der Waals surface area contributed by atoms with E-state index in [9.17, 15) is 14.4 Å². The molecule has 2 amide bonds. The van der Waals surface area contributed by atoms with Gasteiger partial charge in [0.05, 0.1) is 19.3 Å². The minimum Gasteiger partial charge on any atom is -0.436 e. The second-order valence-corrected chi connectivity index (χ2v) is 9.27. The fourth-order valence-corrected chi connectivity index (χ4v) is 4.56. The van der Waals surface area contributed by atoms with Crippen LogP contribution in [0.15, 0.2) is 4.52 Å². The molecule has 2 atom stereocenters. The quantitative estimate of drug-likeness (QED) is 0.556. The summed E-state index contributed by atoms with van der Waals surface area (Å²) in [5.74, 6) is 0.417. The van der Waals surface area contributed by atoms with Crippen LogP contribution >= 0.6 is 0 Å². The lowest BCUT2D eigenvalue weighted by atomic mass is 9.85. The summed E-state index contributed by atoms with van der Waals surface area (Å²) in [6.07, 6.45) is 6.71. The third kappa shape index (κ3) is 6.31. The van der Waals surface area contributed by atoms with Gasteiger partial charge in [0.2, 0.25) is 17.5 Å². The number of morpholine rings is 1. The minimum absolute atomic E-state index is 0.0350. The van der Waals surface area contributed by atoms with Crippen molar-refractivity contribution in [1.29, 1.82) is 0 Å². The van der Waals surface area contributed by atoms with Crippen LogP contribution in [0.5, 0.6) is 0 Å². The molecule has 0 aromatic carbocycles. The number of ether oxygens (including phenoxy) is 2. The van der Waals surface area contributed by atoms with Gasteiger partial charge in [-0.15, -0.1) is 0 Å². The molecule has 3 aliphatic rings. The highest BCUT2D eigenvalue weighted by Crippen LogP contribution is 2.38. The lowest BCUT2D eigenvalue weighted by molar-refractivity contribution is -0.145. The topological polar surface area (TPSA) is 124 Å². The highest BCUT2D eigenvalue weighted by Gasteiger charge is 2.35. The van der Waals surface area contributed by atoms with E-state index in [1.54, 1.807) is 11.8 Å². The molecule has 182 valence electrons. The number of hydrogen-bond donors (Lipinski definition) is 1. The zero-order valence-electron chi connectivity index (χ0n) is 19.3. The number of nitrogens with zero attached hydrogens (tertiary/aromatic N) is 3. The van der Waals surface area contributed by atoms with Gasteiger partial charge in [-0.3, -0.25) is 9.59 Å². The molecule has 3 fully saturated rings. The van der Waals surface area contributed by atoms with Crippen LogP contribution < -0.4 is 5.32 Å². The number of hydrogen-bond acceptors (Lipinski definition) is 8. The Morgan fingerprint density at radius 1 is 1.12 bits per heavy atom. The summed E-state index contributed by atoms with van der Waals surface area (Å²) in [6.45, 7) is 3.72. The summed E-state index contributed by atoms with van der Waals surface area (Å²) >= 11 is 0. The molecule has 0 spiro atoms. The Bertz CT molecular complexity index is 827. The van der Waals surface area contributed by atoms with Gasteiger partial charge in [-0.2, -0.15) is 4.98 Å². The lowest BCUT2D eigenvalue weighted by Gasteiger charge is -2.32. The van der Waals surface area contributed by atoms with E-state index in [2.05, 4.69) is 15.5 Å². The van der Waals surface area contributed by atoms with Gasteiger partial charge in [-0.25, -0.2) is 4.79 Å². The number of carbonyl (C=O) groups is 3. The zero-order valence-corrected chi connectivity index (χ0v) is 19.3. The van der Waals surface area contributed by atoms with Crippen LogP contribution in [-0.2, 0) is 14.3 Å². The van der Waals surface area contributed by atoms with Crippen molar-refractivity contribution in [2.24, 2.45) is 5.92 Å². The van der Waals surface area contributed by atoms with Crippen molar-refractivity contribution in [3.8, 4) is 0 Å². The summed E-state index contributed by atoms with van der Waals surface area (Å²) in [7, 11) is 0. The standard InChI is InChI=1S/C23H34N4O6/c1-2-17(19(28)20-25-21(33-26-20)16-8-9-16)24-23(30)32-18(14-15-6-4-3-5-7-15)22(29)27-10-12-31-13-11-27/h15-18H,2-14H2,1H3,(H,24,30)/t17-,18+/m0/s1. The molecule has 1 aromatic heterocycles. The van der Waals surface area contributed by atoms with E-state index in [1.807, 2.05) is 0 Å². The molecule has 1 aliphatic heterocycles. The first-order valence-corrected chi connectivity index (χ1v) is 12.3. The van der Waals surface area contributed by atoms with Gasteiger partial charge in [0.25, 0.3) is 5.91 Å². The van der Waals surface area contributed by atoms with Crippen molar-refractivity contribution in [3.05, 3.63) is 11.7 Å². The van der Waals surface area contributed by atoms with Crippen LogP contribution in [-0.4, -0.2) is 71.3 Å². The molecule has 0 bridgehead atoms. The Morgan fingerprint density at radius 2 is 1.85 bits per heavy atom. The van der Waals surface area contributed by atoms with Gasteiger partial charge in [0.1, 0.15) is 0 Å². The maximum absolute atomic E-state index is 13.2. The molecule has 2 saturated carbocycles. The van der Waals surface area contributed by atoms with E-state index < -0.39 is 24.0 Å². The van der Waals surface area contributed by atoms with Crippen LogP contribution in [0.4, 0.5) is 4.79 Å². The van der Waals surface area contributed by atoms with Gasteiger partial charge in [0.15, 0.2) is 6.10 Å². The average molecular weight is 463 g/mol. The molecule has 10 nitrogen and oxygen atoms in total. The Kier molecular flexibility index (Phi) is 7.95. The van der Waals surface area contributed by atoms with E-state index in [0.29, 0.717) is 51.0 Å². The maximum atomic E-state index is 13.2. The molecule has 2 aliphatic carbocycles. The Morgan fingerprint density at radius 3 is 2.52 bits per heavy atom. The van der Waals surface area contributed by atoms with E-state index in [4.69, 9.17) is 14.0 Å². The van der Waals surface area contributed by atoms with Crippen molar-refractivity contribution < 1.29 is 28.4 Å². The van der Waals surface area contributed by atoms with Gasteiger partial charge < -0.3 is 24.2 Å². The molecule has 1 aromatic rings. The number of nitrogens with one attached hydrogen (secondary N) is 1. The van der Waals surface area contributed by atoms with E-state index >= 15 is 0 Å². The highest BCUT2D eigenvalue weighted by molar-refractivity contribution is 5.98. The number of Topliss-reactive ketones (excluding diaryl/α,β-unsaturated/α-hetero) is 1. The van der Waals surface area contributed by atoms with E-state index in [-0.39, 0.29) is 17.6 Å². The van der Waals surface area contributed by atoms with Crippen LogP contribution in [0, 0.1) is 5.92 Å². The fourth-order valence-electron chi connectivity index (χ4n) is 4.56. The molecule has 1 saturated heterocycles. The van der Waals surface area contributed by atoms with Crippen molar-refractivity contribution >= 4 is 17.8 Å². The lowest BCUT2D eigenvalue weighted by Crippen LogP contribution is -2.49. The summed E-state index contributed by atoms with van der Waals surface area (Å²) < 4.78 is 16.2. The molecular formula is C23H34N4O6. The largest absolute Gasteiger partial charge is 0.436 e. The number of ketones is 1. The first kappa shape index (κ1) is 23.7. The van der Waals surface area contributed by atoms with Crippen molar-refractivity contribution in [2.45, 2.75) is 82.8 Å². The molecule has 33 heavy (non-hydrogen) atoms. The van der Waals surface area contributed by atoms with Crippen LogP contribution in [0.25, 0.3) is 0 Å². The van der Waals surface area contributed by atoms with Crippen LogP contribution in [0.3, 0.4) is 0 Å². The summed E-state index contributed by atoms with van der Waals surface area (Å²) in [5.41, 5.74) is 0. The number of carbonyl (C=O) groups excluding carboxylic acids is 3. The second-order valence-electron chi connectivity index (χ2n) is 9.27. The van der Waals surface area contributed by atoms with E-state index in [0.717, 1.165) is 38.5 Å². The maximum Gasteiger partial charge on any atom is 0.408 e. The number of amides is 2. The smallest absolute Gasteiger partial charge is 0.408 e. The molecule has 4 rings (SSSR count). The predicted molar refractivity (Wildman–Crippen MR) is 117 cm³/mol. The summed E-state index contributed by atoms with van der Waals surface area (Å²) in [4.78, 5) is 44.6. The average Bonchev–Trinajstić information content (AvgIpc) is 3.58. The van der Waals surface area contributed by atoms with Gasteiger partial charge in [-0.05, 0) is 31.6 Å². The molecule has 0 unspecified atom stereocenters. The molecule has 0 radical (unpaired) electrons. The van der Waals surface area contributed by atoms with Crippen molar-refractivity contribution in [3.63, 3.8) is 0 Å². The van der Waals surface area contributed by atoms with Gasteiger partial charge in [-0.1, -0.05) is 44.2 Å². The third-order valence-corrected chi connectivity index (χ3v) is 6.73.